The van der Waals surface area contributed by atoms with Gasteiger partial charge in [-0.1, -0.05) is 0 Å². The maximum Gasteiger partial charge on any atom is 0.330 e. The molecule has 35 heavy (non-hydrogen) atoms. The van der Waals surface area contributed by atoms with Crippen LogP contribution in [-0.4, -0.2) is 41.7 Å². The molecule has 11 heteroatoms. The van der Waals surface area contributed by atoms with Crippen LogP contribution in [-0.2, 0) is 13.6 Å². The number of imidazole rings is 2. The summed E-state index contributed by atoms with van der Waals surface area (Å²) in [4.78, 5) is 24.3. The summed E-state index contributed by atoms with van der Waals surface area (Å²) in [6.07, 6.45) is 0.952. The highest BCUT2D eigenvalue weighted by Gasteiger charge is 2.36. The van der Waals surface area contributed by atoms with Crippen molar-refractivity contribution < 1.29 is 18.3 Å². The second-order valence-corrected chi connectivity index (χ2v) is 9.00. The molecule has 0 saturated carbocycles. The minimum Gasteiger partial charge on any atom is -0.388 e. The minimum absolute atomic E-state index is 0.000336. The van der Waals surface area contributed by atoms with E-state index in [-0.39, 0.29) is 23.2 Å². The molecule has 1 N–H and O–H groups in total. The zero-order chi connectivity index (χ0) is 24.6. The fourth-order valence-electron chi connectivity index (χ4n) is 5.20. The molecule has 0 unspecified atom stereocenters. The molecule has 0 saturated heterocycles. The van der Waals surface area contributed by atoms with Crippen LogP contribution in [0.25, 0.3) is 11.0 Å². The van der Waals surface area contributed by atoms with E-state index in [0.717, 1.165) is 6.07 Å². The van der Waals surface area contributed by atoms with Crippen LogP contribution in [0.5, 0.6) is 0 Å². The number of hydrogen-bond donors (Lipinski definition) is 1. The van der Waals surface area contributed by atoms with Crippen molar-refractivity contribution >= 4 is 22.8 Å². The molecular weight excluding hydrogens is 461 g/mol. The van der Waals surface area contributed by atoms with E-state index in [4.69, 9.17) is 4.99 Å². The highest BCUT2D eigenvalue weighted by Crippen LogP contribution is 2.42. The largest absolute Gasteiger partial charge is 0.388 e. The first-order valence-corrected chi connectivity index (χ1v) is 11.1. The molecule has 4 aromatic rings. The Bertz CT molecular complexity index is 1600. The Labute approximate surface area is 197 Å². The van der Waals surface area contributed by atoms with Crippen LogP contribution < -0.4 is 5.69 Å². The molecule has 2 aromatic heterocycles. The van der Waals surface area contributed by atoms with Gasteiger partial charge in [0.15, 0.2) is 5.82 Å². The Morgan fingerprint density at radius 1 is 1.06 bits per heavy atom. The van der Waals surface area contributed by atoms with Crippen molar-refractivity contribution in [2.45, 2.75) is 31.5 Å². The molecule has 2 aliphatic rings. The third kappa shape index (κ3) is 3.14. The first-order chi connectivity index (χ1) is 16.7. The van der Waals surface area contributed by atoms with Gasteiger partial charge in [0.2, 0.25) is 5.96 Å². The molecule has 0 radical (unpaired) electrons. The average Bonchev–Trinajstić information content (AvgIpc) is 3.32. The Morgan fingerprint density at radius 2 is 1.86 bits per heavy atom. The van der Waals surface area contributed by atoms with Crippen molar-refractivity contribution in [3.63, 3.8) is 0 Å². The molecule has 6 rings (SSSR count). The van der Waals surface area contributed by atoms with Gasteiger partial charge in [-0.3, -0.25) is 13.7 Å². The summed E-state index contributed by atoms with van der Waals surface area (Å²) in [6, 6.07) is 5.45. The third-order valence-corrected chi connectivity index (χ3v) is 6.89. The molecule has 0 fully saturated rings. The van der Waals surface area contributed by atoms with Gasteiger partial charge in [0.25, 0.3) is 0 Å². The Hall–Kier alpha value is -3.86. The van der Waals surface area contributed by atoms with E-state index in [0.29, 0.717) is 41.5 Å². The predicted octanol–water partition coefficient (Wildman–Crippen LogP) is 3.35. The van der Waals surface area contributed by atoms with Gasteiger partial charge in [-0.25, -0.2) is 22.9 Å². The van der Waals surface area contributed by atoms with Gasteiger partial charge in [0.1, 0.15) is 23.8 Å². The summed E-state index contributed by atoms with van der Waals surface area (Å²) in [6.45, 7) is 0.321. The van der Waals surface area contributed by atoms with Gasteiger partial charge >= 0.3 is 5.69 Å². The second-order valence-electron chi connectivity index (χ2n) is 9.00. The fourth-order valence-corrected chi connectivity index (χ4v) is 5.20. The number of aliphatic hydroxyl groups excluding tert-OH is 1. The predicted molar refractivity (Wildman–Crippen MR) is 122 cm³/mol. The Balaban J connectivity index is 1.57. The van der Waals surface area contributed by atoms with E-state index in [1.165, 1.54) is 33.7 Å². The lowest BCUT2D eigenvalue weighted by Crippen LogP contribution is -2.35. The minimum atomic E-state index is -1.09. The number of fused-ring (bicyclic) bond motifs is 3. The molecule has 1 aliphatic carbocycles. The van der Waals surface area contributed by atoms with Gasteiger partial charge < -0.3 is 10.0 Å². The third-order valence-electron chi connectivity index (χ3n) is 6.89. The van der Waals surface area contributed by atoms with Crippen LogP contribution in [0, 0.1) is 17.5 Å². The summed E-state index contributed by atoms with van der Waals surface area (Å²) in [7, 11) is 3.42. The van der Waals surface area contributed by atoms with Crippen LogP contribution in [0.3, 0.4) is 0 Å². The van der Waals surface area contributed by atoms with Crippen molar-refractivity contribution in [3.8, 4) is 0 Å². The summed E-state index contributed by atoms with van der Waals surface area (Å²) < 4.78 is 47.4. The number of aliphatic hydroxyl groups is 1. The fraction of sp³-hybridized carbons (Fsp3) is 0.292. The topological polar surface area (TPSA) is 80.6 Å². The molecular formula is C24H21F3N6O2. The lowest BCUT2D eigenvalue weighted by Gasteiger charge is -2.31. The highest BCUT2D eigenvalue weighted by molar-refractivity contribution is 5.94. The first kappa shape index (κ1) is 21.7. The molecule has 0 bridgehead atoms. The van der Waals surface area contributed by atoms with Crippen LogP contribution in [0.4, 0.5) is 19.0 Å². The second kappa shape index (κ2) is 7.57. The van der Waals surface area contributed by atoms with E-state index in [1.54, 1.807) is 24.7 Å². The van der Waals surface area contributed by atoms with Crippen molar-refractivity contribution in [3.05, 3.63) is 81.4 Å². The van der Waals surface area contributed by atoms with Gasteiger partial charge in [0.05, 0.1) is 35.4 Å². The summed E-state index contributed by atoms with van der Waals surface area (Å²) in [5.74, 6) is -1.27. The van der Waals surface area contributed by atoms with Crippen LogP contribution in [0.15, 0.2) is 46.4 Å². The van der Waals surface area contributed by atoms with Crippen LogP contribution in [0.1, 0.15) is 41.8 Å². The summed E-state index contributed by atoms with van der Waals surface area (Å²) >= 11 is 0. The SMILES string of the molecule is CN1Cc2c(n([C@@H]3CC[C@@H](O)c4c(F)cc(F)cc43)c(=O)n2C)N=C1n1cnc2ccc(F)cc21. The molecule has 2 aromatic carbocycles. The maximum atomic E-state index is 14.6. The number of benzene rings is 2. The number of rotatable bonds is 1. The first-order valence-electron chi connectivity index (χ1n) is 11.1. The molecule has 8 nitrogen and oxygen atoms in total. The highest BCUT2D eigenvalue weighted by atomic mass is 19.1. The van der Waals surface area contributed by atoms with E-state index in [2.05, 4.69) is 4.98 Å². The smallest absolute Gasteiger partial charge is 0.330 e. The molecule has 1 aliphatic heterocycles. The standard InChI is InChI=1S/C24H21F3N6O2/c1-30-10-19-22(29-23(30)32-11-28-16-4-3-12(25)9-18(16)32)33(24(35)31(19)2)17-5-6-20(34)21-14(17)7-13(26)8-15(21)27/h3-4,7-9,11,17,20,34H,5-6,10H2,1-2H3/t17-,20-/m1/s1. The van der Waals surface area contributed by atoms with Gasteiger partial charge in [-0.15, -0.1) is 0 Å². The van der Waals surface area contributed by atoms with E-state index < -0.39 is 29.6 Å². The van der Waals surface area contributed by atoms with Crippen molar-refractivity contribution in [2.75, 3.05) is 7.05 Å². The Morgan fingerprint density at radius 3 is 2.66 bits per heavy atom. The van der Waals surface area contributed by atoms with E-state index in [9.17, 15) is 23.1 Å². The zero-order valence-corrected chi connectivity index (χ0v) is 18.9. The van der Waals surface area contributed by atoms with Crippen LogP contribution >= 0.6 is 0 Å². The average molecular weight is 482 g/mol. The molecule has 0 amide bonds. The maximum absolute atomic E-state index is 14.6. The van der Waals surface area contributed by atoms with E-state index in [1.807, 2.05) is 4.90 Å². The van der Waals surface area contributed by atoms with Crippen molar-refractivity contribution in [2.24, 2.45) is 12.0 Å². The quantitative estimate of drug-likeness (QED) is 0.451. The van der Waals surface area contributed by atoms with Gasteiger partial charge in [-0.2, -0.15) is 4.99 Å². The number of hydrogen-bond acceptors (Lipinski definition) is 5. The number of aliphatic imine (C=N–C) groups is 1. The van der Waals surface area contributed by atoms with Crippen molar-refractivity contribution in [1.82, 2.24) is 23.6 Å². The van der Waals surface area contributed by atoms with Gasteiger partial charge in [0, 0.05) is 31.8 Å². The van der Waals surface area contributed by atoms with E-state index >= 15 is 0 Å². The Kier molecular flexibility index (Phi) is 4.69. The zero-order valence-electron chi connectivity index (χ0n) is 18.9. The molecule has 2 atom stereocenters. The number of aromatic nitrogens is 4. The lowest BCUT2D eigenvalue weighted by molar-refractivity contribution is 0.142. The lowest BCUT2D eigenvalue weighted by atomic mass is 9.85. The molecule has 3 heterocycles. The van der Waals surface area contributed by atoms with Crippen molar-refractivity contribution in [1.29, 1.82) is 0 Å². The molecule has 180 valence electrons. The summed E-state index contributed by atoms with van der Waals surface area (Å²) in [5, 5.41) is 10.4. The van der Waals surface area contributed by atoms with Gasteiger partial charge in [-0.05, 0) is 36.6 Å². The van der Waals surface area contributed by atoms with Crippen LogP contribution in [0.2, 0.25) is 0 Å². The number of nitrogens with zero attached hydrogens (tertiary/aromatic N) is 6. The number of halogens is 3. The monoisotopic (exact) mass is 482 g/mol. The molecule has 0 spiro atoms. The normalized spacial score (nSPS) is 19.6. The summed E-state index contributed by atoms with van der Waals surface area (Å²) in [5.41, 5.74) is 1.57.